The van der Waals surface area contributed by atoms with Crippen LogP contribution in [-0.4, -0.2) is 60.6 Å². The molecule has 0 heterocycles. The first-order valence-corrected chi connectivity index (χ1v) is 10.5. The van der Waals surface area contributed by atoms with Gasteiger partial charge in [-0.1, -0.05) is 44.2 Å². The molecule has 1 aromatic carbocycles. The number of carbonyl (C=O) groups excluding carboxylic acids is 4. The van der Waals surface area contributed by atoms with E-state index in [4.69, 9.17) is 4.74 Å². The lowest BCUT2D eigenvalue weighted by molar-refractivity contribution is -0.144. The molecule has 2 unspecified atom stereocenters. The maximum Gasteiger partial charge on any atom is 0.408 e. The highest BCUT2D eigenvalue weighted by Crippen LogP contribution is 2.23. The van der Waals surface area contributed by atoms with Gasteiger partial charge in [-0.15, -0.1) is 0 Å². The monoisotopic (exact) mass is 460 g/mol. The third-order valence-corrected chi connectivity index (χ3v) is 4.44. The molecule has 0 aliphatic rings. The van der Waals surface area contributed by atoms with Crippen molar-refractivity contribution in [3.63, 3.8) is 0 Å². The SMILES string of the molecule is COC(=O)CNC(=O)C(c1ccccc1)N(CC#N)C(=O)C(NC(=O)OC(C)(C)C)C(C)C. The molecule has 0 aliphatic heterocycles. The predicted molar refractivity (Wildman–Crippen MR) is 120 cm³/mol. The lowest BCUT2D eigenvalue weighted by Crippen LogP contribution is -2.55. The summed E-state index contributed by atoms with van der Waals surface area (Å²) in [6.45, 7) is 7.69. The van der Waals surface area contributed by atoms with Gasteiger partial charge in [0.25, 0.3) is 0 Å². The molecule has 2 atom stereocenters. The first-order chi connectivity index (χ1) is 15.4. The second kappa shape index (κ2) is 12.4. The second-order valence-electron chi connectivity index (χ2n) is 8.60. The van der Waals surface area contributed by atoms with Crippen molar-refractivity contribution in [1.29, 1.82) is 5.26 Å². The molecule has 10 nitrogen and oxygen atoms in total. The molecule has 0 aliphatic carbocycles. The van der Waals surface area contributed by atoms with Crippen molar-refractivity contribution < 1.29 is 28.7 Å². The number of amides is 3. The number of nitriles is 1. The van der Waals surface area contributed by atoms with Crippen LogP contribution in [0.1, 0.15) is 46.2 Å². The minimum Gasteiger partial charge on any atom is -0.468 e. The summed E-state index contributed by atoms with van der Waals surface area (Å²) in [5.41, 5.74) is -0.343. The topological polar surface area (TPSA) is 138 Å². The quantitative estimate of drug-likeness (QED) is 0.424. The molecule has 2 N–H and O–H groups in total. The summed E-state index contributed by atoms with van der Waals surface area (Å²) < 4.78 is 9.81. The van der Waals surface area contributed by atoms with Gasteiger partial charge in [-0.2, -0.15) is 5.26 Å². The van der Waals surface area contributed by atoms with Crippen molar-refractivity contribution in [1.82, 2.24) is 15.5 Å². The van der Waals surface area contributed by atoms with Crippen LogP contribution in [0.5, 0.6) is 0 Å². The zero-order valence-corrected chi connectivity index (χ0v) is 19.9. The van der Waals surface area contributed by atoms with Gasteiger partial charge >= 0.3 is 12.1 Å². The van der Waals surface area contributed by atoms with E-state index in [1.54, 1.807) is 65.0 Å². The van der Waals surface area contributed by atoms with Crippen LogP contribution in [-0.2, 0) is 23.9 Å². The summed E-state index contributed by atoms with van der Waals surface area (Å²) >= 11 is 0. The van der Waals surface area contributed by atoms with E-state index in [2.05, 4.69) is 15.4 Å². The molecule has 180 valence electrons. The molecule has 0 radical (unpaired) electrons. The largest absolute Gasteiger partial charge is 0.468 e. The third-order valence-electron chi connectivity index (χ3n) is 4.44. The highest BCUT2D eigenvalue weighted by Gasteiger charge is 2.37. The zero-order chi connectivity index (χ0) is 25.2. The number of rotatable bonds is 9. The molecule has 0 saturated heterocycles. The van der Waals surface area contributed by atoms with E-state index in [1.807, 2.05) is 6.07 Å². The van der Waals surface area contributed by atoms with E-state index < -0.39 is 54.7 Å². The molecule has 0 bridgehead atoms. The number of nitrogens with zero attached hydrogens (tertiary/aromatic N) is 2. The third kappa shape index (κ3) is 8.80. The number of hydrogen-bond donors (Lipinski definition) is 2. The molecule has 0 saturated carbocycles. The van der Waals surface area contributed by atoms with E-state index in [-0.39, 0.29) is 5.92 Å². The fourth-order valence-corrected chi connectivity index (χ4v) is 2.94. The van der Waals surface area contributed by atoms with Gasteiger partial charge in [-0.3, -0.25) is 14.4 Å². The van der Waals surface area contributed by atoms with Crippen LogP contribution in [0.4, 0.5) is 4.79 Å². The summed E-state index contributed by atoms with van der Waals surface area (Å²) in [5.74, 6) is -2.35. The highest BCUT2D eigenvalue weighted by atomic mass is 16.6. The fraction of sp³-hybridized carbons (Fsp3) is 0.522. The van der Waals surface area contributed by atoms with Crippen molar-refractivity contribution in [2.45, 2.75) is 52.3 Å². The summed E-state index contributed by atoms with van der Waals surface area (Å²) in [5, 5.41) is 14.4. The summed E-state index contributed by atoms with van der Waals surface area (Å²) in [7, 11) is 1.18. The zero-order valence-electron chi connectivity index (χ0n) is 19.9. The maximum absolute atomic E-state index is 13.5. The molecule has 33 heavy (non-hydrogen) atoms. The Balaban J connectivity index is 3.32. The van der Waals surface area contributed by atoms with Gasteiger partial charge in [-0.25, -0.2) is 4.79 Å². The van der Waals surface area contributed by atoms with Crippen LogP contribution < -0.4 is 10.6 Å². The summed E-state index contributed by atoms with van der Waals surface area (Å²) in [6.07, 6.45) is -0.794. The van der Waals surface area contributed by atoms with Gasteiger partial charge in [0.1, 0.15) is 30.8 Å². The fourth-order valence-electron chi connectivity index (χ4n) is 2.94. The first kappa shape index (κ1) is 27.4. The van der Waals surface area contributed by atoms with Crippen LogP contribution in [0.15, 0.2) is 30.3 Å². The molecule has 10 heteroatoms. The smallest absolute Gasteiger partial charge is 0.408 e. The van der Waals surface area contributed by atoms with Crippen LogP contribution >= 0.6 is 0 Å². The van der Waals surface area contributed by atoms with Crippen LogP contribution in [0.2, 0.25) is 0 Å². The molecule has 0 fully saturated rings. The second-order valence-corrected chi connectivity index (χ2v) is 8.60. The molecule has 1 rings (SSSR count). The van der Waals surface area contributed by atoms with E-state index in [0.717, 1.165) is 4.90 Å². The van der Waals surface area contributed by atoms with E-state index in [0.29, 0.717) is 5.56 Å². The van der Waals surface area contributed by atoms with Crippen molar-refractivity contribution >= 4 is 23.9 Å². The minimum atomic E-state index is -1.22. The predicted octanol–water partition coefficient (Wildman–Crippen LogP) is 1.92. The minimum absolute atomic E-state index is 0.374. The first-order valence-electron chi connectivity index (χ1n) is 10.5. The molecule has 1 aromatic rings. The van der Waals surface area contributed by atoms with E-state index in [9.17, 15) is 24.4 Å². The Morgan fingerprint density at radius 2 is 1.73 bits per heavy atom. The number of methoxy groups -OCH3 is 1. The van der Waals surface area contributed by atoms with Gasteiger partial charge in [-0.05, 0) is 32.3 Å². The van der Waals surface area contributed by atoms with Crippen molar-refractivity contribution in [3.05, 3.63) is 35.9 Å². The highest BCUT2D eigenvalue weighted by molar-refractivity contribution is 5.93. The Hall–Kier alpha value is -3.61. The molecule has 3 amide bonds. The molecule has 0 spiro atoms. The Bertz CT molecular complexity index is 873. The maximum atomic E-state index is 13.5. The van der Waals surface area contributed by atoms with Gasteiger partial charge in [0.2, 0.25) is 11.8 Å². The number of ether oxygens (including phenoxy) is 2. The average Bonchev–Trinajstić information content (AvgIpc) is 2.74. The van der Waals surface area contributed by atoms with Crippen molar-refractivity contribution in [3.8, 4) is 6.07 Å². The number of nitrogens with one attached hydrogen (secondary N) is 2. The van der Waals surface area contributed by atoms with Gasteiger partial charge in [0, 0.05) is 0 Å². The molecular formula is C23H32N4O6. The Morgan fingerprint density at radius 3 is 2.21 bits per heavy atom. The Labute approximate surface area is 194 Å². The van der Waals surface area contributed by atoms with Crippen LogP contribution in [0.3, 0.4) is 0 Å². The van der Waals surface area contributed by atoms with Crippen molar-refractivity contribution in [2.75, 3.05) is 20.2 Å². The van der Waals surface area contributed by atoms with Gasteiger partial charge < -0.3 is 25.0 Å². The molecule has 0 aromatic heterocycles. The summed E-state index contributed by atoms with van der Waals surface area (Å²) in [6, 6.07) is 8.00. The molecular weight excluding hydrogens is 428 g/mol. The summed E-state index contributed by atoms with van der Waals surface area (Å²) in [4.78, 5) is 51.5. The van der Waals surface area contributed by atoms with Gasteiger partial charge in [0.15, 0.2) is 0 Å². The van der Waals surface area contributed by atoms with E-state index in [1.165, 1.54) is 7.11 Å². The number of esters is 1. The van der Waals surface area contributed by atoms with E-state index >= 15 is 0 Å². The van der Waals surface area contributed by atoms with Crippen LogP contribution in [0.25, 0.3) is 0 Å². The average molecular weight is 461 g/mol. The Morgan fingerprint density at radius 1 is 1.12 bits per heavy atom. The van der Waals surface area contributed by atoms with Gasteiger partial charge in [0.05, 0.1) is 13.2 Å². The lowest BCUT2D eigenvalue weighted by atomic mass is 9.99. The normalized spacial score (nSPS) is 12.7. The standard InChI is InChI=1S/C23H32N4O6/c1-15(2)18(26-22(31)33-23(3,4)5)21(30)27(13-12-24)19(16-10-8-7-9-11-16)20(29)25-14-17(28)32-6/h7-11,15,18-19H,13-14H2,1-6H3,(H,25,29)(H,26,31). The number of benzene rings is 1. The number of alkyl carbamates (subject to hydrolysis) is 1. The Kier molecular flexibility index (Phi) is 10.3. The number of hydrogen-bond acceptors (Lipinski definition) is 7. The number of carbonyl (C=O) groups is 4. The van der Waals surface area contributed by atoms with Crippen molar-refractivity contribution in [2.24, 2.45) is 5.92 Å². The van der Waals surface area contributed by atoms with Crippen LogP contribution in [0, 0.1) is 17.2 Å². The lowest BCUT2D eigenvalue weighted by Gasteiger charge is -2.34.